The molecule has 1 aromatic carbocycles. The number of aromatic nitrogens is 2. The van der Waals surface area contributed by atoms with E-state index in [0.717, 1.165) is 77.8 Å². The fourth-order valence-corrected chi connectivity index (χ4v) is 8.79. The van der Waals surface area contributed by atoms with Crippen LogP contribution in [-0.4, -0.2) is 96.6 Å². The van der Waals surface area contributed by atoms with Crippen LogP contribution < -0.4 is 19.9 Å². The van der Waals surface area contributed by atoms with Crippen molar-refractivity contribution in [1.82, 2.24) is 19.8 Å². The second kappa shape index (κ2) is 14.3. The molecule has 0 bridgehead atoms. The number of fused-ring (bicyclic) bond motifs is 2. The third-order valence-corrected chi connectivity index (χ3v) is 11.7. The lowest BCUT2D eigenvalue weighted by Crippen LogP contribution is -2.51. The molecule has 1 N–H and O–H groups in total. The number of piperazine rings is 1. The van der Waals surface area contributed by atoms with Crippen LogP contribution in [0.5, 0.6) is 5.75 Å². The summed E-state index contributed by atoms with van der Waals surface area (Å²) in [6.45, 7) is 14.7. The van der Waals surface area contributed by atoms with E-state index in [-0.39, 0.29) is 5.78 Å². The summed E-state index contributed by atoms with van der Waals surface area (Å²) in [6.07, 6.45) is 14.7. The maximum Gasteiger partial charge on any atom is 0.229 e. The van der Waals surface area contributed by atoms with Crippen molar-refractivity contribution in [1.29, 1.82) is 0 Å². The molecule has 5 aliphatic rings. The Morgan fingerprint density at radius 3 is 2.53 bits per heavy atom. The summed E-state index contributed by atoms with van der Waals surface area (Å²) in [6, 6.07) is 5.50. The van der Waals surface area contributed by atoms with Gasteiger partial charge in [-0.15, -0.1) is 0 Å². The Bertz CT molecular complexity index is 1390. The molecule has 9 heteroatoms. The number of carbonyl (C=O) groups excluding carboxylic acids is 1. The number of ketones is 1. The predicted molar refractivity (Wildman–Crippen MR) is 191 cm³/mol. The van der Waals surface area contributed by atoms with Crippen LogP contribution in [-0.2, 0) is 6.42 Å². The largest absolute Gasteiger partial charge is 0.491 e. The highest BCUT2D eigenvalue weighted by Crippen LogP contribution is 2.40. The molecule has 0 spiro atoms. The Kier molecular flexibility index (Phi) is 9.92. The highest BCUT2D eigenvalue weighted by atomic mass is 16.5. The van der Waals surface area contributed by atoms with E-state index in [1.54, 1.807) is 0 Å². The molecule has 3 fully saturated rings. The first-order valence-corrected chi connectivity index (χ1v) is 18.8. The third kappa shape index (κ3) is 7.26. The van der Waals surface area contributed by atoms with Gasteiger partial charge in [0.2, 0.25) is 5.95 Å². The van der Waals surface area contributed by atoms with E-state index in [0.29, 0.717) is 31.1 Å². The molecule has 0 radical (unpaired) electrons. The second-order valence-electron chi connectivity index (χ2n) is 15.3. The minimum atomic E-state index is 0.252. The first-order valence-electron chi connectivity index (χ1n) is 18.8. The van der Waals surface area contributed by atoms with Gasteiger partial charge in [-0.2, -0.15) is 4.98 Å². The summed E-state index contributed by atoms with van der Waals surface area (Å²) in [5, 5.41) is 3.44. The van der Waals surface area contributed by atoms with Crippen LogP contribution in [0.2, 0.25) is 0 Å². The van der Waals surface area contributed by atoms with Gasteiger partial charge < -0.3 is 24.8 Å². The molecule has 256 valence electrons. The molecule has 0 amide bonds. The van der Waals surface area contributed by atoms with Crippen molar-refractivity contribution >= 4 is 28.9 Å². The summed E-state index contributed by atoms with van der Waals surface area (Å²) in [5.74, 6) is 4.34. The number of rotatable bonds is 12. The van der Waals surface area contributed by atoms with Crippen molar-refractivity contribution in [2.45, 2.75) is 110 Å². The number of hydrogen-bond donors (Lipinski definition) is 1. The lowest BCUT2D eigenvalue weighted by molar-refractivity contribution is 0.0674. The van der Waals surface area contributed by atoms with Crippen molar-refractivity contribution in [2.75, 3.05) is 68.0 Å². The van der Waals surface area contributed by atoms with E-state index in [2.05, 4.69) is 57.7 Å². The number of Topliss-reactive ketones (excluding diaryl/α,β-unsaturated/α-hetero) is 1. The van der Waals surface area contributed by atoms with Crippen LogP contribution in [0.1, 0.15) is 101 Å². The molecule has 2 saturated carbocycles. The summed E-state index contributed by atoms with van der Waals surface area (Å²) < 4.78 is 6.11. The Morgan fingerprint density at radius 2 is 1.81 bits per heavy atom. The van der Waals surface area contributed by atoms with Crippen molar-refractivity contribution < 1.29 is 9.53 Å². The van der Waals surface area contributed by atoms with Crippen molar-refractivity contribution in [3.63, 3.8) is 0 Å². The van der Waals surface area contributed by atoms with Crippen LogP contribution in [0.15, 0.2) is 18.3 Å². The molecule has 3 aliphatic heterocycles. The zero-order valence-electron chi connectivity index (χ0n) is 29.3. The molecule has 1 saturated heterocycles. The summed E-state index contributed by atoms with van der Waals surface area (Å²) in [7, 11) is 2.12. The fraction of sp³-hybridized carbons (Fsp3) is 0.711. The predicted octanol–water partition coefficient (Wildman–Crippen LogP) is 6.54. The Balaban J connectivity index is 0.919. The average molecular weight is 644 g/mol. The van der Waals surface area contributed by atoms with Gasteiger partial charge in [-0.05, 0) is 89.2 Å². The van der Waals surface area contributed by atoms with Crippen molar-refractivity contribution in [2.24, 2.45) is 11.8 Å². The van der Waals surface area contributed by atoms with E-state index in [4.69, 9.17) is 9.72 Å². The first kappa shape index (κ1) is 32.6. The van der Waals surface area contributed by atoms with Crippen molar-refractivity contribution in [3.05, 3.63) is 29.5 Å². The highest BCUT2D eigenvalue weighted by Gasteiger charge is 2.33. The van der Waals surface area contributed by atoms with Gasteiger partial charge in [0.1, 0.15) is 5.75 Å². The molecular weight excluding hydrogens is 586 g/mol. The monoisotopic (exact) mass is 643 g/mol. The molecule has 2 aliphatic carbocycles. The summed E-state index contributed by atoms with van der Waals surface area (Å²) >= 11 is 0. The minimum absolute atomic E-state index is 0.252. The highest BCUT2D eigenvalue weighted by molar-refractivity contribution is 5.99. The van der Waals surface area contributed by atoms with Gasteiger partial charge in [-0.1, -0.05) is 13.3 Å². The smallest absolute Gasteiger partial charge is 0.229 e. The van der Waals surface area contributed by atoms with Crippen LogP contribution in [0, 0.1) is 11.8 Å². The van der Waals surface area contributed by atoms with Gasteiger partial charge in [-0.25, -0.2) is 4.98 Å². The number of nitrogens with zero attached hydrogens (tertiary/aromatic N) is 6. The second-order valence-corrected chi connectivity index (χ2v) is 15.3. The molecule has 1 atom stereocenters. The molecule has 1 aromatic heterocycles. The maximum absolute atomic E-state index is 13.5. The Labute approximate surface area is 282 Å². The van der Waals surface area contributed by atoms with Gasteiger partial charge in [-0.3, -0.25) is 9.69 Å². The molecule has 4 heterocycles. The van der Waals surface area contributed by atoms with Gasteiger partial charge >= 0.3 is 0 Å². The van der Waals surface area contributed by atoms with E-state index >= 15 is 0 Å². The molecule has 9 nitrogen and oxygen atoms in total. The standard InChI is InChI=1S/C38H57N7O2/c1-5-29-25-42(4)34-23-39-38(41-37(34)45(29)26(2)3)40-33-16-15-31(32-17-22-47-36(32)33)35(46)8-6-7-27-11-13-30(14-12-27)44-20-18-43(19-21-44)24-28-9-10-28/h15-16,23,26-30H,5-14,17-22,24-25H2,1-4H3,(H,39,40,41)/t27?,29-,30?/m1/s1. The topological polar surface area (TPSA) is 77.1 Å². The van der Waals surface area contributed by atoms with Crippen LogP contribution >= 0.6 is 0 Å². The maximum atomic E-state index is 13.5. The van der Waals surface area contributed by atoms with Gasteiger partial charge in [0.25, 0.3) is 0 Å². The lowest BCUT2D eigenvalue weighted by Gasteiger charge is -2.44. The summed E-state index contributed by atoms with van der Waals surface area (Å²) in [5.41, 5.74) is 3.76. The molecule has 2 aromatic rings. The third-order valence-electron chi connectivity index (χ3n) is 11.7. The van der Waals surface area contributed by atoms with Gasteiger partial charge in [0.15, 0.2) is 11.6 Å². The van der Waals surface area contributed by atoms with E-state index in [1.807, 2.05) is 18.3 Å². The molecular formula is C38H57N7O2. The zero-order valence-corrected chi connectivity index (χ0v) is 29.3. The number of ether oxygens (including phenoxy) is 1. The average Bonchev–Trinajstić information content (AvgIpc) is 3.75. The number of likely N-dealkylation sites (N-methyl/N-ethyl adjacent to an activating group) is 1. The normalized spacial score (nSPS) is 25.1. The number of anilines is 4. The van der Waals surface area contributed by atoms with E-state index < -0.39 is 0 Å². The van der Waals surface area contributed by atoms with Crippen LogP contribution in [0.3, 0.4) is 0 Å². The van der Waals surface area contributed by atoms with Crippen LogP contribution in [0.4, 0.5) is 23.1 Å². The van der Waals surface area contributed by atoms with Crippen LogP contribution in [0.25, 0.3) is 0 Å². The number of benzene rings is 1. The fourth-order valence-electron chi connectivity index (χ4n) is 8.79. The summed E-state index contributed by atoms with van der Waals surface area (Å²) in [4.78, 5) is 33.4. The Hall–Kier alpha value is -2.91. The molecule has 7 rings (SSSR count). The van der Waals surface area contributed by atoms with Gasteiger partial charge in [0, 0.05) is 88.4 Å². The van der Waals surface area contributed by atoms with E-state index in [9.17, 15) is 4.79 Å². The lowest BCUT2D eigenvalue weighted by atomic mass is 9.82. The minimum Gasteiger partial charge on any atom is -0.491 e. The number of nitrogens with one attached hydrogen (secondary N) is 1. The SMILES string of the molecule is CC[C@@H]1CN(C)c2cnc(Nc3ccc(C(=O)CCCC4CCC(N5CCN(CC6CC6)CC5)CC4)c4c3OCC4)nc2N1C(C)C. The van der Waals surface area contributed by atoms with Gasteiger partial charge in [0.05, 0.1) is 24.2 Å². The quantitative estimate of drug-likeness (QED) is 0.260. The first-order chi connectivity index (χ1) is 22.9. The van der Waals surface area contributed by atoms with E-state index in [1.165, 1.54) is 77.7 Å². The number of hydrogen-bond acceptors (Lipinski definition) is 9. The van der Waals surface area contributed by atoms with Crippen molar-refractivity contribution in [3.8, 4) is 5.75 Å². The molecule has 0 unspecified atom stereocenters. The number of carbonyl (C=O) groups is 1. The Morgan fingerprint density at radius 1 is 1.04 bits per heavy atom. The molecule has 47 heavy (non-hydrogen) atoms. The zero-order chi connectivity index (χ0) is 32.5.